The van der Waals surface area contributed by atoms with E-state index in [4.69, 9.17) is 5.21 Å². The second-order valence-electron chi connectivity index (χ2n) is 5.57. The van der Waals surface area contributed by atoms with Crippen LogP contribution >= 0.6 is 0 Å². The Morgan fingerprint density at radius 1 is 1.29 bits per heavy atom. The molecule has 1 heterocycles. The van der Waals surface area contributed by atoms with Gasteiger partial charge in [0, 0.05) is 17.6 Å². The van der Waals surface area contributed by atoms with E-state index >= 15 is 0 Å². The highest BCUT2D eigenvalue weighted by molar-refractivity contribution is 7.90. The van der Waals surface area contributed by atoms with E-state index in [1.54, 1.807) is 6.20 Å². The molecule has 0 aliphatic rings. The molecule has 0 fully saturated rings. The highest BCUT2D eigenvalue weighted by atomic mass is 32.2. The average molecular weight is 308 g/mol. The van der Waals surface area contributed by atoms with Gasteiger partial charge in [0.2, 0.25) is 0 Å². The minimum absolute atomic E-state index is 0.0273. The van der Waals surface area contributed by atoms with Gasteiger partial charge in [-0.3, -0.25) is 4.98 Å². The summed E-state index contributed by atoms with van der Waals surface area (Å²) in [6, 6.07) is 8.96. The van der Waals surface area contributed by atoms with E-state index in [1.807, 2.05) is 44.2 Å². The molecule has 0 bridgehead atoms. The normalized spacial score (nSPS) is 13.7. The van der Waals surface area contributed by atoms with Crippen molar-refractivity contribution in [2.75, 3.05) is 5.75 Å². The summed E-state index contributed by atoms with van der Waals surface area (Å²) in [5.74, 6) is -0.150. The summed E-state index contributed by atoms with van der Waals surface area (Å²) < 4.78 is 24.5. The molecule has 1 aromatic heterocycles. The van der Waals surface area contributed by atoms with Crippen LogP contribution in [0.3, 0.4) is 0 Å². The van der Waals surface area contributed by atoms with Gasteiger partial charge in [0.15, 0.2) is 9.84 Å². The molecule has 6 heteroatoms. The zero-order chi connectivity index (χ0) is 15.5. The van der Waals surface area contributed by atoms with Crippen molar-refractivity contribution in [2.24, 2.45) is 5.92 Å². The zero-order valence-electron chi connectivity index (χ0n) is 12.2. The fraction of sp³-hybridized carbons (Fsp3) is 0.400. The fourth-order valence-electron chi connectivity index (χ4n) is 2.16. The number of pyridine rings is 1. The first-order valence-corrected chi connectivity index (χ1v) is 8.67. The summed E-state index contributed by atoms with van der Waals surface area (Å²) in [7, 11) is -3.32. The second-order valence-corrected chi connectivity index (χ2v) is 7.68. The van der Waals surface area contributed by atoms with Gasteiger partial charge < -0.3 is 5.21 Å². The predicted octanol–water partition coefficient (Wildman–Crippen LogP) is 2.15. The molecule has 5 nitrogen and oxygen atoms in total. The van der Waals surface area contributed by atoms with Gasteiger partial charge in [0.1, 0.15) is 0 Å². The molecule has 0 amide bonds. The third-order valence-electron chi connectivity index (χ3n) is 3.44. The molecule has 0 radical (unpaired) electrons. The topological polar surface area (TPSA) is 79.3 Å². The number of benzene rings is 1. The Morgan fingerprint density at radius 2 is 2.00 bits per heavy atom. The van der Waals surface area contributed by atoms with Crippen LogP contribution in [-0.4, -0.2) is 30.4 Å². The van der Waals surface area contributed by atoms with Crippen LogP contribution in [0.25, 0.3) is 10.9 Å². The lowest BCUT2D eigenvalue weighted by atomic mass is 10.1. The Kier molecular flexibility index (Phi) is 4.92. The third-order valence-corrected chi connectivity index (χ3v) is 5.08. The van der Waals surface area contributed by atoms with E-state index in [-0.39, 0.29) is 17.4 Å². The predicted molar refractivity (Wildman–Crippen MR) is 82.8 cm³/mol. The Labute approximate surface area is 124 Å². The zero-order valence-corrected chi connectivity index (χ0v) is 13.0. The number of nitrogens with zero attached hydrogens (tertiary/aromatic N) is 1. The van der Waals surface area contributed by atoms with Crippen molar-refractivity contribution in [3.63, 3.8) is 0 Å². The van der Waals surface area contributed by atoms with Gasteiger partial charge in [0.25, 0.3) is 0 Å². The summed E-state index contributed by atoms with van der Waals surface area (Å²) >= 11 is 0. The lowest BCUT2D eigenvalue weighted by molar-refractivity contribution is 0.114. The lowest BCUT2D eigenvalue weighted by Crippen LogP contribution is -2.38. The van der Waals surface area contributed by atoms with Gasteiger partial charge >= 0.3 is 0 Å². The number of hydrogen-bond acceptors (Lipinski definition) is 5. The Morgan fingerprint density at radius 3 is 2.67 bits per heavy atom. The van der Waals surface area contributed by atoms with Crippen molar-refractivity contribution in [1.29, 1.82) is 0 Å². The first-order chi connectivity index (χ1) is 9.91. The maximum absolute atomic E-state index is 12.2. The number of nitrogens with one attached hydrogen (secondary N) is 1. The molecule has 2 aromatic rings. The quantitative estimate of drug-likeness (QED) is 0.799. The summed E-state index contributed by atoms with van der Waals surface area (Å²) in [5, 5.41) is 9.96. The molecule has 0 saturated carbocycles. The van der Waals surface area contributed by atoms with Gasteiger partial charge in [-0.05, 0) is 23.6 Å². The van der Waals surface area contributed by atoms with Crippen molar-refractivity contribution >= 4 is 20.7 Å². The van der Waals surface area contributed by atoms with Crippen molar-refractivity contribution in [2.45, 2.75) is 25.6 Å². The molecule has 114 valence electrons. The smallest absolute Gasteiger partial charge is 0.156 e. The highest BCUT2D eigenvalue weighted by Gasteiger charge is 2.22. The number of para-hydroxylation sites is 1. The minimum Gasteiger partial charge on any atom is -0.317 e. The maximum atomic E-state index is 12.2. The van der Waals surface area contributed by atoms with Crippen LogP contribution in [0.1, 0.15) is 19.4 Å². The molecule has 2 rings (SSSR count). The van der Waals surface area contributed by atoms with Crippen LogP contribution in [-0.2, 0) is 15.6 Å². The van der Waals surface area contributed by atoms with Crippen LogP contribution in [0.15, 0.2) is 36.5 Å². The van der Waals surface area contributed by atoms with E-state index in [1.165, 1.54) is 0 Å². The molecule has 0 aliphatic carbocycles. The van der Waals surface area contributed by atoms with Gasteiger partial charge in [-0.25, -0.2) is 13.9 Å². The standard InChI is InChI=1S/C15H20N2O3S/c1-11(2)15(17-18)10-21(19,20)9-12-7-13-5-3-4-6-14(13)16-8-12/h3-8,11,15,17-18H,9-10H2,1-2H3. The molecular weight excluding hydrogens is 288 g/mol. The van der Waals surface area contributed by atoms with E-state index in [0.717, 1.165) is 10.9 Å². The molecule has 21 heavy (non-hydrogen) atoms. The third kappa shape index (κ3) is 4.23. The van der Waals surface area contributed by atoms with Crippen molar-refractivity contribution in [3.05, 3.63) is 42.1 Å². The first-order valence-electron chi connectivity index (χ1n) is 6.85. The Hall–Kier alpha value is -1.50. The lowest BCUT2D eigenvalue weighted by Gasteiger charge is -2.18. The number of aromatic nitrogens is 1. The SMILES string of the molecule is CC(C)C(CS(=O)(=O)Cc1cnc2ccccc2c1)NO. The van der Waals surface area contributed by atoms with Crippen LogP contribution in [0.4, 0.5) is 0 Å². The van der Waals surface area contributed by atoms with Gasteiger partial charge in [0.05, 0.1) is 17.0 Å². The maximum Gasteiger partial charge on any atom is 0.156 e. The highest BCUT2D eigenvalue weighted by Crippen LogP contribution is 2.16. The van der Waals surface area contributed by atoms with Crippen molar-refractivity contribution < 1.29 is 13.6 Å². The van der Waals surface area contributed by atoms with Gasteiger partial charge in [-0.15, -0.1) is 0 Å². The Balaban J connectivity index is 2.18. The largest absolute Gasteiger partial charge is 0.317 e. The minimum atomic E-state index is -3.32. The van der Waals surface area contributed by atoms with E-state index < -0.39 is 15.9 Å². The van der Waals surface area contributed by atoms with E-state index in [0.29, 0.717) is 5.56 Å². The molecular formula is C15H20N2O3S. The number of rotatable bonds is 6. The Bertz CT molecular complexity index is 714. The average Bonchev–Trinajstić information content (AvgIpc) is 2.44. The van der Waals surface area contributed by atoms with Crippen molar-refractivity contribution in [3.8, 4) is 0 Å². The molecule has 1 atom stereocenters. The van der Waals surface area contributed by atoms with Crippen LogP contribution in [0, 0.1) is 5.92 Å². The summed E-state index contributed by atoms with van der Waals surface area (Å²) in [6.45, 7) is 3.72. The second kappa shape index (κ2) is 6.51. The number of sulfone groups is 1. The molecule has 0 spiro atoms. The van der Waals surface area contributed by atoms with Crippen LogP contribution in [0.5, 0.6) is 0 Å². The van der Waals surface area contributed by atoms with Crippen LogP contribution < -0.4 is 5.48 Å². The number of fused-ring (bicyclic) bond motifs is 1. The summed E-state index contributed by atoms with van der Waals surface area (Å²) in [4.78, 5) is 4.27. The van der Waals surface area contributed by atoms with Crippen LogP contribution in [0.2, 0.25) is 0 Å². The van der Waals surface area contributed by atoms with Gasteiger partial charge in [-0.2, -0.15) is 0 Å². The fourth-order valence-corrected chi connectivity index (χ4v) is 3.95. The molecule has 0 saturated heterocycles. The summed E-state index contributed by atoms with van der Waals surface area (Å²) in [5.41, 5.74) is 3.58. The molecule has 0 aliphatic heterocycles. The van der Waals surface area contributed by atoms with E-state index in [2.05, 4.69) is 10.5 Å². The van der Waals surface area contributed by atoms with Crippen molar-refractivity contribution in [1.82, 2.24) is 10.5 Å². The van der Waals surface area contributed by atoms with Gasteiger partial charge in [-0.1, -0.05) is 32.0 Å². The first kappa shape index (κ1) is 15.9. The monoisotopic (exact) mass is 308 g/mol. The molecule has 2 N–H and O–H groups in total. The summed E-state index contributed by atoms with van der Waals surface area (Å²) in [6.07, 6.45) is 1.59. The van der Waals surface area contributed by atoms with E-state index in [9.17, 15) is 8.42 Å². The number of hydrogen-bond donors (Lipinski definition) is 2. The number of hydroxylamine groups is 1. The molecule has 1 aromatic carbocycles. The molecule has 1 unspecified atom stereocenters.